The highest BCUT2D eigenvalue weighted by Gasteiger charge is 2.30. The van der Waals surface area contributed by atoms with Gasteiger partial charge in [0.25, 0.3) is 5.56 Å². The summed E-state index contributed by atoms with van der Waals surface area (Å²) in [5.74, 6) is 0.769. The van der Waals surface area contributed by atoms with Crippen molar-refractivity contribution in [1.82, 2.24) is 19.6 Å². The van der Waals surface area contributed by atoms with Crippen LogP contribution in [0.5, 0.6) is 0 Å². The number of para-hydroxylation sites is 1. The second kappa shape index (κ2) is 6.39. The Kier molecular flexibility index (Phi) is 3.74. The molecule has 0 radical (unpaired) electrons. The summed E-state index contributed by atoms with van der Waals surface area (Å²) >= 11 is 0. The monoisotopic (exact) mass is 357 g/mol. The molecule has 4 aromatic rings. The number of nitrogens with zero attached hydrogens (tertiary/aromatic N) is 4. The van der Waals surface area contributed by atoms with Crippen LogP contribution in [0.2, 0.25) is 0 Å². The first-order chi connectivity index (χ1) is 13.3. The summed E-state index contributed by atoms with van der Waals surface area (Å²) in [5.41, 5.74) is 4.02. The van der Waals surface area contributed by atoms with E-state index in [0.717, 1.165) is 18.7 Å². The number of anilines is 1. The maximum Gasteiger partial charge on any atom is 0.293 e. The van der Waals surface area contributed by atoms with Gasteiger partial charge in [-0.2, -0.15) is 0 Å². The molecule has 2 aromatic heterocycles. The number of hydrogen-bond acceptors (Lipinski definition) is 4. The maximum atomic E-state index is 11.9. The van der Waals surface area contributed by atoms with E-state index in [-0.39, 0.29) is 5.56 Å². The van der Waals surface area contributed by atoms with E-state index in [2.05, 4.69) is 68.6 Å². The Hall–Kier alpha value is -3.41. The molecule has 134 valence electrons. The zero-order chi connectivity index (χ0) is 18.2. The fraction of sp³-hybridized carbons (Fsp3) is 0.190. The number of rotatable bonds is 4. The van der Waals surface area contributed by atoms with Crippen molar-refractivity contribution in [2.24, 2.45) is 0 Å². The maximum absolute atomic E-state index is 11.9. The van der Waals surface area contributed by atoms with Gasteiger partial charge in [0.1, 0.15) is 0 Å². The zero-order valence-electron chi connectivity index (χ0n) is 14.7. The minimum atomic E-state index is -0.223. The van der Waals surface area contributed by atoms with Gasteiger partial charge in [-0.25, -0.2) is 0 Å². The van der Waals surface area contributed by atoms with Gasteiger partial charge in [-0.1, -0.05) is 48.5 Å². The van der Waals surface area contributed by atoms with Gasteiger partial charge < -0.3 is 9.88 Å². The second-order valence-corrected chi connectivity index (χ2v) is 6.90. The minimum Gasteiger partial charge on any atom is -0.360 e. The molecule has 0 aliphatic carbocycles. The van der Waals surface area contributed by atoms with Crippen LogP contribution >= 0.6 is 0 Å². The van der Waals surface area contributed by atoms with Crippen molar-refractivity contribution in [3.8, 4) is 0 Å². The molecule has 0 spiro atoms. The van der Waals surface area contributed by atoms with E-state index in [4.69, 9.17) is 0 Å². The molecule has 6 nitrogen and oxygen atoms in total. The Morgan fingerprint density at radius 3 is 2.74 bits per heavy atom. The van der Waals surface area contributed by atoms with E-state index in [9.17, 15) is 4.79 Å². The lowest BCUT2D eigenvalue weighted by Gasteiger charge is -2.27. The molecular weight excluding hydrogens is 338 g/mol. The van der Waals surface area contributed by atoms with Gasteiger partial charge in [-0.3, -0.25) is 9.20 Å². The summed E-state index contributed by atoms with van der Waals surface area (Å²) in [6, 6.07) is 19.4. The molecule has 0 saturated heterocycles. The molecule has 1 unspecified atom stereocenters. The van der Waals surface area contributed by atoms with Crippen LogP contribution in [0.4, 0.5) is 5.69 Å². The van der Waals surface area contributed by atoms with E-state index >= 15 is 0 Å². The van der Waals surface area contributed by atoms with Crippen LogP contribution in [-0.2, 0) is 19.4 Å². The molecule has 27 heavy (non-hydrogen) atoms. The SMILES string of the molecule is O=c1[nH]ccn2c(CN3c4ccccc4CC3Cc3ccccc3)nnc12. The number of hydrogen-bond donors (Lipinski definition) is 1. The first-order valence-electron chi connectivity index (χ1n) is 9.09. The molecule has 1 atom stereocenters. The lowest BCUT2D eigenvalue weighted by atomic mass is 10.0. The Labute approximate surface area is 156 Å². The Morgan fingerprint density at radius 2 is 1.85 bits per heavy atom. The van der Waals surface area contributed by atoms with Crippen LogP contribution in [0, 0.1) is 0 Å². The van der Waals surface area contributed by atoms with Crippen LogP contribution in [-0.4, -0.2) is 25.6 Å². The first kappa shape index (κ1) is 15.8. The second-order valence-electron chi connectivity index (χ2n) is 6.90. The summed E-state index contributed by atoms with van der Waals surface area (Å²) in [5, 5.41) is 8.35. The topological polar surface area (TPSA) is 66.3 Å². The number of H-pyrrole nitrogens is 1. The highest BCUT2D eigenvalue weighted by molar-refractivity contribution is 5.59. The Balaban J connectivity index is 1.52. The molecule has 2 aromatic carbocycles. The average Bonchev–Trinajstić information content (AvgIpc) is 3.26. The summed E-state index contributed by atoms with van der Waals surface area (Å²) in [6.07, 6.45) is 5.40. The summed E-state index contributed by atoms with van der Waals surface area (Å²) in [7, 11) is 0. The molecule has 1 N–H and O–H groups in total. The molecule has 3 heterocycles. The van der Waals surface area contributed by atoms with Crippen molar-refractivity contribution in [3.63, 3.8) is 0 Å². The van der Waals surface area contributed by atoms with Gasteiger partial charge in [0.15, 0.2) is 5.82 Å². The summed E-state index contributed by atoms with van der Waals surface area (Å²) in [6.45, 7) is 0.610. The van der Waals surface area contributed by atoms with Crippen LogP contribution in [0.15, 0.2) is 71.8 Å². The van der Waals surface area contributed by atoms with Gasteiger partial charge >= 0.3 is 0 Å². The van der Waals surface area contributed by atoms with Gasteiger partial charge in [0.05, 0.1) is 6.54 Å². The number of aromatic amines is 1. The normalized spacial score (nSPS) is 16.0. The predicted molar refractivity (Wildman–Crippen MR) is 104 cm³/mol. The van der Waals surface area contributed by atoms with Gasteiger partial charge in [0.2, 0.25) is 5.65 Å². The standard InChI is InChI=1S/C21H19N5O/c27-21-20-24-23-19(25(20)11-10-22-21)14-26-17(12-15-6-2-1-3-7-15)13-16-8-4-5-9-18(16)26/h1-11,17H,12-14H2,(H,22,27). The van der Waals surface area contributed by atoms with Crippen molar-refractivity contribution < 1.29 is 0 Å². The summed E-state index contributed by atoms with van der Waals surface area (Å²) < 4.78 is 1.78. The van der Waals surface area contributed by atoms with Gasteiger partial charge in [0, 0.05) is 24.1 Å². The van der Waals surface area contributed by atoms with E-state index in [1.807, 2.05) is 6.07 Å². The van der Waals surface area contributed by atoms with Crippen molar-refractivity contribution in [1.29, 1.82) is 0 Å². The van der Waals surface area contributed by atoms with Crippen molar-refractivity contribution in [2.75, 3.05) is 4.90 Å². The number of benzene rings is 2. The number of fused-ring (bicyclic) bond motifs is 2. The molecule has 1 aliphatic heterocycles. The van der Waals surface area contributed by atoms with Crippen molar-refractivity contribution >= 4 is 11.3 Å². The molecular formula is C21H19N5O. The Morgan fingerprint density at radius 1 is 1.04 bits per heavy atom. The van der Waals surface area contributed by atoms with Crippen LogP contribution in [0.1, 0.15) is 17.0 Å². The molecule has 0 amide bonds. The molecule has 0 bridgehead atoms. The molecule has 1 aliphatic rings. The van der Waals surface area contributed by atoms with E-state index < -0.39 is 0 Å². The molecule has 0 saturated carbocycles. The lowest BCUT2D eigenvalue weighted by molar-refractivity contribution is 0.603. The van der Waals surface area contributed by atoms with Gasteiger partial charge in [-0.05, 0) is 30.0 Å². The quantitative estimate of drug-likeness (QED) is 0.610. The first-order valence-corrected chi connectivity index (χ1v) is 9.09. The van der Waals surface area contributed by atoms with Crippen LogP contribution in [0.3, 0.4) is 0 Å². The van der Waals surface area contributed by atoms with Crippen molar-refractivity contribution in [2.45, 2.75) is 25.4 Å². The average molecular weight is 357 g/mol. The van der Waals surface area contributed by atoms with Gasteiger partial charge in [-0.15, -0.1) is 10.2 Å². The van der Waals surface area contributed by atoms with Crippen molar-refractivity contribution in [3.05, 3.63) is 94.3 Å². The fourth-order valence-corrected chi connectivity index (χ4v) is 3.95. The Bertz CT molecular complexity index is 1150. The highest BCUT2D eigenvalue weighted by atomic mass is 16.1. The smallest absolute Gasteiger partial charge is 0.293 e. The van der Waals surface area contributed by atoms with E-state index in [1.54, 1.807) is 16.8 Å². The predicted octanol–water partition coefficient (Wildman–Crippen LogP) is 2.59. The lowest BCUT2D eigenvalue weighted by Crippen LogP contribution is -2.34. The minimum absolute atomic E-state index is 0.223. The van der Waals surface area contributed by atoms with Crippen LogP contribution < -0.4 is 10.5 Å². The molecule has 0 fully saturated rings. The third-order valence-corrected chi connectivity index (χ3v) is 5.23. The van der Waals surface area contributed by atoms with Crippen LogP contribution in [0.25, 0.3) is 5.65 Å². The largest absolute Gasteiger partial charge is 0.360 e. The molecule has 5 rings (SSSR count). The molecule has 6 heteroatoms. The summed E-state index contributed by atoms with van der Waals surface area (Å²) in [4.78, 5) is 17.0. The third-order valence-electron chi connectivity index (χ3n) is 5.23. The third kappa shape index (κ3) is 2.79. The number of aromatic nitrogens is 4. The van der Waals surface area contributed by atoms with E-state index in [0.29, 0.717) is 18.2 Å². The van der Waals surface area contributed by atoms with E-state index in [1.165, 1.54) is 16.8 Å². The highest BCUT2D eigenvalue weighted by Crippen LogP contribution is 2.34. The fourth-order valence-electron chi connectivity index (χ4n) is 3.95. The number of nitrogens with one attached hydrogen (secondary N) is 1. The zero-order valence-corrected chi connectivity index (χ0v) is 14.7.